The SMILES string of the molecule is CN(C(=O)c1ncc(Cl)cc1NS(=O)(=O)C1C=C(C(F)(F)F)C(Cl)=CC1)c1ccc(Cl)cc1. The van der Waals surface area contributed by atoms with Crippen LogP contribution >= 0.6 is 34.8 Å². The Morgan fingerprint density at radius 3 is 2.39 bits per heavy atom. The maximum Gasteiger partial charge on any atom is 0.417 e. The highest BCUT2D eigenvalue weighted by atomic mass is 35.5. The summed E-state index contributed by atoms with van der Waals surface area (Å²) >= 11 is 17.4. The number of pyridine rings is 1. The number of halogens is 6. The second-order valence-electron chi connectivity index (χ2n) is 6.94. The first-order valence-electron chi connectivity index (χ1n) is 9.15. The van der Waals surface area contributed by atoms with Crippen LogP contribution in [0.1, 0.15) is 16.9 Å². The molecule has 0 saturated heterocycles. The number of allylic oxidation sites excluding steroid dienone is 3. The number of alkyl halides is 3. The number of nitrogens with one attached hydrogen (secondary N) is 1. The molecule has 3 rings (SSSR count). The number of anilines is 2. The van der Waals surface area contributed by atoms with Gasteiger partial charge in [-0.25, -0.2) is 13.4 Å². The van der Waals surface area contributed by atoms with E-state index in [1.54, 1.807) is 24.3 Å². The summed E-state index contributed by atoms with van der Waals surface area (Å²) in [7, 11) is -3.00. The van der Waals surface area contributed by atoms with Crippen molar-refractivity contribution in [1.82, 2.24) is 4.98 Å². The van der Waals surface area contributed by atoms with Crippen LogP contribution in [0.5, 0.6) is 0 Å². The van der Waals surface area contributed by atoms with E-state index < -0.39 is 38.0 Å². The molecule has 1 aromatic carbocycles. The summed E-state index contributed by atoms with van der Waals surface area (Å²) in [6, 6.07) is 7.41. The van der Waals surface area contributed by atoms with Crippen molar-refractivity contribution in [3.05, 3.63) is 75.0 Å². The molecule has 0 saturated carbocycles. The van der Waals surface area contributed by atoms with Crippen LogP contribution in [-0.4, -0.2) is 37.8 Å². The topological polar surface area (TPSA) is 79.4 Å². The molecule has 1 N–H and O–H groups in total. The number of amides is 1. The normalized spacial score (nSPS) is 16.6. The zero-order chi connectivity index (χ0) is 24.6. The molecule has 33 heavy (non-hydrogen) atoms. The van der Waals surface area contributed by atoms with Gasteiger partial charge in [0.2, 0.25) is 10.0 Å². The summed E-state index contributed by atoms with van der Waals surface area (Å²) in [5.41, 5.74) is -1.39. The first-order valence-corrected chi connectivity index (χ1v) is 11.8. The monoisotopic (exact) mass is 539 g/mol. The average molecular weight is 541 g/mol. The Morgan fingerprint density at radius 2 is 1.79 bits per heavy atom. The minimum Gasteiger partial charge on any atom is -0.310 e. The predicted molar refractivity (Wildman–Crippen MR) is 122 cm³/mol. The van der Waals surface area contributed by atoms with Gasteiger partial charge in [-0.2, -0.15) is 13.2 Å². The van der Waals surface area contributed by atoms with Gasteiger partial charge >= 0.3 is 6.18 Å². The van der Waals surface area contributed by atoms with E-state index in [0.29, 0.717) is 16.8 Å². The van der Waals surface area contributed by atoms with Crippen LogP contribution in [0, 0.1) is 0 Å². The molecule has 1 aliphatic carbocycles. The summed E-state index contributed by atoms with van der Waals surface area (Å²) in [5, 5.41) is -1.71. The minimum absolute atomic E-state index is 0.0107. The molecule has 0 fully saturated rings. The second-order valence-corrected chi connectivity index (χ2v) is 10.1. The van der Waals surface area contributed by atoms with E-state index in [9.17, 15) is 26.4 Å². The lowest BCUT2D eigenvalue weighted by Gasteiger charge is -2.23. The molecule has 0 aliphatic heterocycles. The fourth-order valence-corrected chi connectivity index (χ4v) is 4.79. The van der Waals surface area contributed by atoms with Gasteiger partial charge in [0, 0.05) is 29.0 Å². The molecular weight excluding hydrogens is 526 g/mol. The van der Waals surface area contributed by atoms with Gasteiger partial charge in [0.05, 0.1) is 16.3 Å². The molecule has 1 atom stereocenters. The maximum absolute atomic E-state index is 13.2. The number of rotatable bonds is 5. The Morgan fingerprint density at radius 1 is 1.15 bits per heavy atom. The number of nitrogens with zero attached hydrogens (tertiary/aromatic N) is 2. The average Bonchev–Trinajstić information content (AvgIpc) is 2.72. The van der Waals surface area contributed by atoms with Crippen molar-refractivity contribution in [3.8, 4) is 0 Å². The third-order valence-electron chi connectivity index (χ3n) is 4.67. The van der Waals surface area contributed by atoms with Crippen LogP contribution in [-0.2, 0) is 10.0 Å². The summed E-state index contributed by atoms with van der Waals surface area (Å²) in [5.74, 6) is -0.690. The van der Waals surface area contributed by atoms with Crippen LogP contribution < -0.4 is 9.62 Å². The van der Waals surface area contributed by atoms with Gasteiger partial charge in [-0.15, -0.1) is 0 Å². The van der Waals surface area contributed by atoms with Crippen molar-refractivity contribution in [2.75, 3.05) is 16.7 Å². The summed E-state index contributed by atoms with van der Waals surface area (Å²) in [6.07, 6.45) is -2.47. The summed E-state index contributed by atoms with van der Waals surface area (Å²) < 4.78 is 67.5. The van der Waals surface area contributed by atoms with E-state index in [2.05, 4.69) is 9.71 Å². The molecule has 1 amide bonds. The van der Waals surface area contributed by atoms with E-state index >= 15 is 0 Å². The molecule has 1 aliphatic rings. The second kappa shape index (κ2) is 9.54. The molecule has 0 bridgehead atoms. The van der Waals surface area contributed by atoms with E-state index in [1.165, 1.54) is 11.9 Å². The van der Waals surface area contributed by atoms with E-state index in [-0.39, 0.29) is 22.8 Å². The molecule has 1 heterocycles. The Kier molecular flexibility index (Phi) is 7.33. The third-order valence-corrected chi connectivity index (χ3v) is 7.12. The molecule has 13 heteroatoms. The van der Waals surface area contributed by atoms with Gasteiger partial charge < -0.3 is 4.90 Å². The van der Waals surface area contributed by atoms with E-state index in [4.69, 9.17) is 34.8 Å². The van der Waals surface area contributed by atoms with E-state index in [0.717, 1.165) is 18.3 Å². The van der Waals surface area contributed by atoms with Crippen molar-refractivity contribution < 1.29 is 26.4 Å². The predicted octanol–water partition coefficient (Wildman–Crippen LogP) is 5.79. The smallest absolute Gasteiger partial charge is 0.310 e. The zero-order valence-electron chi connectivity index (χ0n) is 16.7. The number of hydrogen-bond acceptors (Lipinski definition) is 4. The molecule has 0 spiro atoms. The number of carbonyl (C=O) groups excluding carboxylic acids is 1. The first kappa shape index (κ1) is 25.4. The van der Waals surface area contributed by atoms with E-state index in [1.807, 2.05) is 0 Å². The van der Waals surface area contributed by atoms with Crippen LogP contribution in [0.4, 0.5) is 24.5 Å². The Balaban J connectivity index is 1.94. The lowest BCUT2D eigenvalue weighted by atomic mass is 10.1. The fraction of sp³-hybridized carbons (Fsp3) is 0.200. The quantitative estimate of drug-likeness (QED) is 0.521. The highest BCUT2D eigenvalue weighted by Crippen LogP contribution is 2.38. The maximum atomic E-state index is 13.2. The molecule has 1 aromatic heterocycles. The van der Waals surface area contributed by atoms with Gasteiger partial charge in [-0.05, 0) is 36.8 Å². The lowest BCUT2D eigenvalue weighted by molar-refractivity contribution is -0.0890. The van der Waals surface area contributed by atoms with Crippen molar-refractivity contribution >= 4 is 62.1 Å². The number of carbonyl (C=O) groups is 1. The van der Waals surface area contributed by atoms with Gasteiger partial charge in [0.1, 0.15) is 5.25 Å². The molecular formula is C20H15Cl3F3N3O3S. The highest BCUT2D eigenvalue weighted by molar-refractivity contribution is 7.93. The summed E-state index contributed by atoms with van der Waals surface area (Å²) in [4.78, 5) is 18.2. The van der Waals surface area contributed by atoms with Gasteiger partial charge in [-0.3, -0.25) is 9.52 Å². The van der Waals surface area contributed by atoms with Crippen LogP contribution in [0.3, 0.4) is 0 Å². The Bertz CT molecular complexity index is 1250. The standard InChI is InChI=1S/C20H15Cl3F3N3O3S/c1-29(13-4-2-11(21)3-5-13)19(30)18-17(8-12(22)10-27-18)28-33(31,32)14-6-7-16(23)15(9-14)20(24,25)26/h2-5,7-10,14,28H,6H2,1H3. The molecule has 6 nitrogen and oxygen atoms in total. The van der Waals surface area contributed by atoms with Crippen molar-refractivity contribution in [3.63, 3.8) is 0 Å². The molecule has 0 radical (unpaired) electrons. The Labute approximate surface area is 202 Å². The lowest BCUT2D eigenvalue weighted by Crippen LogP contribution is -2.32. The summed E-state index contributed by atoms with van der Waals surface area (Å²) in [6.45, 7) is 0. The van der Waals surface area contributed by atoms with Gasteiger partial charge in [0.25, 0.3) is 5.91 Å². The number of aromatic nitrogens is 1. The number of benzene rings is 1. The minimum atomic E-state index is -4.83. The van der Waals surface area contributed by atoms with Crippen LogP contribution in [0.25, 0.3) is 0 Å². The van der Waals surface area contributed by atoms with Crippen molar-refractivity contribution in [2.24, 2.45) is 0 Å². The van der Waals surface area contributed by atoms with Crippen molar-refractivity contribution in [1.29, 1.82) is 0 Å². The van der Waals surface area contributed by atoms with Gasteiger partial charge in [-0.1, -0.05) is 47.0 Å². The van der Waals surface area contributed by atoms with Gasteiger partial charge in [0.15, 0.2) is 5.69 Å². The first-order chi connectivity index (χ1) is 15.3. The Hall–Kier alpha value is -2.27. The molecule has 2 aromatic rings. The van der Waals surface area contributed by atoms with Crippen molar-refractivity contribution in [2.45, 2.75) is 17.8 Å². The largest absolute Gasteiger partial charge is 0.417 e. The fourth-order valence-electron chi connectivity index (χ4n) is 2.97. The number of hydrogen-bond donors (Lipinski definition) is 1. The zero-order valence-corrected chi connectivity index (χ0v) is 19.8. The number of sulfonamides is 1. The molecule has 1 unspecified atom stereocenters. The third kappa shape index (κ3) is 5.81. The molecule has 176 valence electrons. The highest BCUT2D eigenvalue weighted by Gasteiger charge is 2.40. The van der Waals surface area contributed by atoms with Crippen LogP contribution in [0.15, 0.2) is 59.3 Å². The van der Waals surface area contributed by atoms with Crippen LogP contribution in [0.2, 0.25) is 10.0 Å².